The fourth-order valence-electron chi connectivity index (χ4n) is 4.50. The normalized spacial score (nSPS) is 27.1. The van der Waals surface area contributed by atoms with Gasteiger partial charge in [-0.3, -0.25) is 0 Å². The molecule has 1 saturated carbocycles. The molecule has 0 nitrogen and oxygen atoms in total. The van der Waals surface area contributed by atoms with E-state index in [0.29, 0.717) is 11.8 Å². The number of hydrogen-bond donors (Lipinski definition) is 0. The lowest BCUT2D eigenvalue weighted by Gasteiger charge is -2.36. The van der Waals surface area contributed by atoms with E-state index in [2.05, 4.69) is 19.1 Å². The van der Waals surface area contributed by atoms with Gasteiger partial charge in [0, 0.05) is 6.07 Å². The molecule has 0 radical (unpaired) electrons. The van der Waals surface area contributed by atoms with Gasteiger partial charge in [-0.2, -0.15) is 0 Å². The molecule has 1 atom stereocenters. The van der Waals surface area contributed by atoms with Gasteiger partial charge in [0.15, 0.2) is 0 Å². The van der Waals surface area contributed by atoms with Crippen LogP contribution in [0.15, 0.2) is 36.4 Å². The van der Waals surface area contributed by atoms with Crippen LogP contribution in [0.25, 0.3) is 5.57 Å². The zero-order chi connectivity index (χ0) is 16.9. The van der Waals surface area contributed by atoms with E-state index in [4.69, 9.17) is 0 Å². The quantitative estimate of drug-likeness (QED) is 0.549. The van der Waals surface area contributed by atoms with E-state index >= 15 is 0 Å². The van der Waals surface area contributed by atoms with Gasteiger partial charge in [-0.15, -0.1) is 0 Å². The summed E-state index contributed by atoms with van der Waals surface area (Å²) in [5, 5.41) is 0. The van der Waals surface area contributed by atoms with Crippen LogP contribution >= 0.6 is 0 Å². The van der Waals surface area contributed by atoms with E-state index < -0.39 is 11.6 Å². The molecule has 1 unspecified atom stereocenters. The Bertz CT molecular complexity index is 586. The van der Waals surface area contributed by atoms with Gasteiger partial charge in [0.25, 0.3) is 0 Å². The van der Waals surface area contributed by atoms with Crippen LogP contribution in [0.2, 0.25) is 0 Å². The lowest BCUT2D eigenvalue weighted by Crippen LogP contribution is -2.23. The highest BCUT2D eigenvalue weighted by Crippen LogP contribution is 2.43. The first-order valence-corrected chi connectivity index (χ1v) is 9.50. The van der Waals surface area contributed by atoms with Crippen LogP contribution in [-0.2, 0) is 0 Å². The van der Waals surface area contributed by atoms with Crippen LogP contribution in [0.4, 0.5) is 8.78 Å². The summed E-state index contributed by atoms with van der Waals surface area (Å²) in [7, 11) is 0. The number of unbranched alkanes of at least 4 members (excludes halogenated alkanes) is 1. The van der Waals surface area contributed by atoms with E-state index in [1.165, 1.54) is 57.1 Å². The molecular formula is C22H28F2. The Kier molecular flexibility index (Phi) is 5.86. The minimum atomic E-state index is -0.484. The smallest absolute Gasteiger partial charge is 0.126 e. The summed E-state index contributed by atoms with van der Waals surface area (Å²) >= 11 is 0. The second kappa shape index (κ2) is 8.09. The van der Waals surface area contributed by atoms with Gasteiger partial charge in [0.1, 0.15) is 11.6 Å². The van der Waals surface area contributed by atoms with Crippen LogP contribution in [0, 0.1) is 29.4 Å². The molecule has 0 aromatic heterocycles. The van der Waals surface area contributed by atoms with E-state index in [0.717, 1.165) is 29.5 Å². The molecule has 0 spiro atoms. The Morgan fingerprint density at radius 3 is 2.38 bits per heavy atom. The van der Waals surface area contributed by atoms with Gasteiger partial charge in [-0.1, -0.05) is 57.3 Å². The van der Waals surface area contributed by atoms with E-state index in [1.807, 2.05) is 6.08 Å². The molecule has 2 aliphatic carbocycles. The Balaban J connectivity index is 1.71. The fourth-order valence-corrected chi connectivity index (χ4v) is 4.50. The molecule has 24 heavy (non-hydrogen) atoms. The van der Waals surface area contributed by atoms with Crippen molar-refractivity contribution >= 4 is 5.57 Å². The SMILES string of the molecule is CCCCC1CCC(C2CC=CC=C2c2cc(F)cc(F)c2)CC1. The van der Waals surface area contributed by atoms with Gasteiger partial charge in [-0.25, -0.2) is 8.78 Å². The second-order valence-corrected chi connectivity index (χ2v) is 7.47. The van der Waals surface area contributed by atoms with Crippen molar-refractivity contribution in [1.29, 1.82) is 0 Å². The van der Waals surface area contributed by atoms with Gasteiger partial charge in [0.05, 0.1) is 0 Å². The third kappa shape index (κ3) is 4.15. The Morgan fingerprint density at radius 1 is 1.00 bits per heavy atom. The fraction of sp³-hybridized carbons (Fsp3) is 0.545. The van der Waals surface area contributed by atoms with Crippen LogP contribution in [0.3, 0.4) is 0 Å². The highest BCUT2D eigenvalue weighted by Gasteiger charge is 2.30. The van der Waals surface area contributed by atoms with Gasteiger partial charge < -0.3 is 0 Å². The lowest BCUT2D eigenvalue weighted by molar-refractivity contribution is 0.223. The molecule has 1 aromatic rings. The van der Waals surface area contributed by atoms with E-state index in [1.54, 1.807) is 0 Å². The average Bonchev–Trinajstić information content (AvgIpc) is 2.59. The maximum absolute atomic E-state index is 13.6. The standard InChI is InChI=1S/C22H28F2/c1-2-3-6-16-9-11-17(12-10-16)21-7-4-5-8-22(21)18-13-19(23)15-20(24)14-18/h4-5,8,13-17,21H,2-3,6-7,9-12H2,1H3. The summed E-state index contributed by atoms with van der Waals surface area (Å²) < 4.78 is 27.3. The summed E-state index contributed by atoms with van der Waals surface area (Å²) in [5.74, 6) is 0.970. The van der Waals surface area contributed by atoms with Crippen LogP contribution < -0.4 is 0 Å². The number of rotatable bonds is 5. The summed E-state index contributed by atoms with van der Waals surface area (Å²) in [6, 6.07) is 3.92. The molecule has 130 valence electrons. The Hall–Kier alpha value is -1.44. The highest BCUT2D eigenvalue weighted by molar-refractivity contribution is 5.70. The molecule has 0 saturated heterocycles. The van der Waals surface area contributed by atoms with Gasteiger partial charge in [0.2, 0.25) is 0 Å². The van der Waals surface area contributed by atoms with Gasteiger partial charge >= 0.3 is 0 Å². The first-order valence-electron chi connectivity index (χ1n) is 9.50. The molecule has 1 aromatic carbocycles. The maximum Gasteiger partial charge on any atom is 0.126 e. The molecule has 0 aliphatic heterocycles. The summed E-state index contributed by atoms with van der Waals surface area (Å²) in [5.41, 5.74) is 1.84. The maximum atomic E-state index is 13.6. The zero-order valence-corrected chi connectivity index (χ0v) is 14.6. The molecule has 0 heterocycles. The third-order valence-electron chi connectivity index (χ3n) is 5.82. The molecule has 0 N–H and O–H groups in total. The number of allylic oxidation sites excluding steroid dienone is 4. The minimum absolute atomic E-state index is 0.406. The predicted molar refractivity (Wildman–Crippen MR) is 96.6 cm³/mol. The summed E-state index contributed by atoms with van der Waals surface area (Å²) in [6.07, 6.45) is 16.4. The van der Waals surface area contributed by atoms with Gasteiger partial charge in [-0.05, 0) is 60.3 Å². The van der Waals surface area contributed by atoms with Crippen molar-refractivity contribution < 1.29 is 8.78 Å². The largest absolute Gasteiger partial charge is 0.207 e. The lowest BCUT2D eigenvalue weighted by atomic mass is 9.69. The van der Waals surface area contributed by atoms with E-state index in [-0.39, 0.29) is 0 Å². The van der Waals surface area contributed by atoms with Crippen LogP contribution in [-0.4, -0.2) is 0 Å². The topological polar surface area (TPSA) is 0 Å². The first kappa shape index (κ1) is 17.4. The van der Waals surface area contributed by atoms with Crippen molar-refractivity contribution in [2.75, 3.05) is 0 Å². The van der Waals surface area contributed by atoms with Crippen molar-refractivity contribution in [3.63, 3.8) is 0 Å². The van der Waals surface area contributed by atoms with Crippen LogP contribution in [0.5, 0.6) is 0 Å². The van der Waals surface area contributed by atoms with Crippen molar-refractivity contribution in [1.82, 2.24) is 0 Å². The molecular weight excluding hydrogens is 302 g/mol. The van der Waals surface area contributed by atoms with Crippen molar-refractivity contribution in [3.05, 3.63) is 53.6 Å². The molecule has 1 fully saturated rings. The van der Waals surface area contributed by atoms with Crippen LogP contribution in [0.1, 0.15) is 63.9 Å². The third-order valence-corrected chi connectivity index (χ3v) is 5.82. The van der Waals surface area contributed by atoms with Crippen molar-refractivity contribution in [2.45, 2.75) is 58.3 Å². The molecule has 0 amide bonds. The molecule has 2 heteroatoms. The minimum Gasteiger partial charge on any atom is -0.207 e. The zero-order valence-electron chi connectivity index (χ0n) is 14.6. The monoisotopic (exact) mass is 330 g/mol. The predicted octanol–water partition coefficient (Wildman–Crippen LogP) is 6.92. The van der Waals surface area contributed by atoms with E-state index in [9.17, 15) is 8.78 Å². The molecule has 0 bridgehead atoms. The Labute approximate surface area is 144 Å². The Morgan fingerprint density at radius 2 is 1.71 bits per heavy atom. The summed E-state index contributed by atoms with van der Waals surface area (Å²) in [6.45, 7) is 2.26. The number of benzene rings is 1. The highest BCUT2D eigenvalue weighted by atomic mass is 19.1. The molecule has 3 rings (SSSR count). The average molecular weight is 330 g/mol. The summed E-state index contributed by atoms with van der Waals surface area (Å²) in [4.78, 5) is 0. The molecule has 2 aliphatic rings. The first-order chi connectivity index (χ1) is 11.7. The van der Waals surface area contributed by atoms with Crippen molar-refractivity contribution in [2.24, 2.45) is 17.8 Å². The van der Waals surface area contributed by atoms with Crippen molar-refractivity contribution in [3.8, 4) is 0 Å². The number of hydrogen-bond acceptors (Lipinski definition) is 0. The number of halogens is 2. The second-order valence-electron chi connectivity index (χ2n) is 7.47.